The maximum absolute atomic E-state index is 12.6. The van der Waals surface area contributed by atoms with Crippen molar-refractivity contribution in [2.45, 2.75) is 43.7 Å². The van der Waals surface area contributed by atoms with Gasteiger partial charge in [-0.25, -0.2) is 23.2 Å². The molecule has 1 aromatic heterocycles. The van der Waals surface area contributed by atoms with E-state index in [9.17, 15) is 26.4 Å². The third kappa shape index (κ3) is 6.49. The highest BCUT2D eigenvalue weighted by Gasteiger charge is 2.40. The average Bonchev–Trinajstić information content (AvgIpc) is 2.77. The van der Waals surface area contributed by atoms with Crippen molar-refractivity contribution in [1.29, 1.82) is 0 Å². The fraction of sp³-hybridized carbons (Fsp3) is 0.476. The fourth-order valence-electron chi connectivity index (χ4n) is 3.24. The number of hydrogen-bond donors (Lipinski definition) is 0. The maximum Gasteiger partial charge on any atom is 0.425 e. The quantitative estimate of drug-likeness (QED) is 0.594. The van der Waals surface area contributed by atoms with Crippen LogP contribution in [0.1, 0.15) is 19.4 Å². The zero-order valence-corrected chi connectivity index (χ0v) is 19.6. The largest absolute Gasteiger partial charge is 0.486 e. The van der Waals surface area contributed by atoms with Crippen molar-refractivity contribution in [3.05, 3.63) is 42.2 Å². The summed E-state index contributed by atoms with van der Waals surface area (Å²) in [6.45, 7) is 3.44. The van der Waals surface area contributed by atoms with Gasteiger partial charge in [0.2, 0.25) is 5.95 Å². The second kappa shape index (κ2) is 10.0. The number of halogens is 3. The first-order valence-electron chi connectivity index (χ1n) is 10.4. The van der Waals surface area contributed by atoms with Crippen LogP contribution >= 0.6 is 0 Å². The van der Waals surface area contributed by atoms with Crippen LogP contribution in [0.3, 0.4) is 0 Å². The van der Waals surface area contributed by atoms with E-state index in [1.165, 1.54) is 29.4 Å². The Morgan fingerprint density at radius 2 is 1.79 bits per heavy atom. The van der Waals surface area contributed by atoms with Crippen LogP contribution in [-0.4, -0.2) is 73.6 Å². The van der Waals surface area contributed by atoms with Gasteiger partial charge in [0.25, 0.3) is 0 Å². The lowest BCUT2D eigenvalue weighted by Gasteiger charge is -2.39. The summed E-state index contributed by atoms with van der Waals surface area (Å²) >= 11 is 0. The van der Waals surface area contributed by atoms with E-state index in [1.54, 1.807) is 19.1 Å². The number of hydrogen-bond acceptors (Lipinski definition) is 8. The van der Waals surface area contributed by atoms with E-state index in [1.807, 2.05) is 4.90 Å². The van der Waals surface area contributed by atoms with Crippen molar-refractivity contribution < 1.29 is 35.9 Å². The van der Waals surface area contributed by atoms with Gasteiger partial charge in [0.05, 0.1) is 17.3 Å². The molecule has 34 heavy (non-hydrogen) atoms. The number of alkyl halides is 3. The zero-order chi connectivity index (χ0) is 25.1. The first-order valence-corrected chi connectivity index (χ1v) is 12.3. The minimum atomic E-state index is -4.61. The number of rotatable bonds is 6. The molecule has 0 spiro atoms. The molecule has 1 aromatic carbocycles. The molecule has 3 rings (SSSR count). The number of sulfone groups is 1. The first kappa shape index (κ1) is 25.5. The summed E-state index contributed by atoms with van der Waals surface area (Å²) in [7, 11) is -3.27. The summed E-state index contributed by atoms with van der Waals surface area (Å²) in [6, 6.07) is 6.09. The Morgan fingerprint density at radius 1 is 1.18 bits per heavy atom. The summed E-state index contributed by atoms with van der Waals surface area (Å²) in [4.78, 5) is 23.9. The van der Waals surface area contributed by atoms with E-state index < -0.39 is 28.2 Å². The summed E-state index contributed by atoms with van der Waals surface area (Å²) in [5.41, 5.74) is 0.771. The molecule has 0 saturated carbocycles. The summed E-state index contributed by atoms with van der Waals surface area (Å²) in [5, 5.41) is 0. The molecule has 0 radical (unpaired) electrons. The van der Waals surface area contributed by atoms with Gasteiger partial charge in [-0.15, -0.1) is 0 Å². The molecule has 9 nitrogen and oxygen atoms in total. The molecular weight excluding hydrogens is 477 g/mol. The lowest BCUT2D eigenvalue weighted by molar-refractivity contribution is -0.199. The number of carbonyl (C=O) groups is 1. The predicted octanol–water partition coefficient (Wildman–Crippen LogP) is 3.06. The van der Waals surface area contributed by atoms with Gasteiger partial charge in [-0.05, 0) is 31.5 Å². The Hall–Kier alpha value is -3.09. The number of anilines is 1. The smallest absolute Gasteiger partial charge is 0.425 e. The number of piperazine rings is 1. The third-order valence-electron chi connectivity index (χ3n) is 5.25. The SMILES string of the molecule is CC(OC(=O)N1CCN(c2ncc(OCc3ccc(S(C)(=O)=O)cc3)cn2)[C@H](C)C1)C(F)(F)F. The molecule has 0 N–H and O–H groups in total. The van der Waals surface area contributed by atoms with Crippen LogP contribution in [0, 0.1) is 0 Å². The predicted molar refractivity (Wildman–Crippen MR) is 116 cm³/mol. The zero-order valence-electron chi connectivity index (χ0n) is 18.8. The molecule has 1 aliphatic rings. The van der Waals surface area contributed by atoms with E-state index in [4.69, 9.17) is 4.74 Å². The topological polar surface area (TPSA) is 102 Å². The molecular formula is C21H25F3N4O5S. The lowest BCUT2D eigenvalue weighted by atomic mass is 10.2. The highest BCUT2D eigenvalue weighted by molar-refractivity contribution is 7.90. The van der Waals surface area contributed by atoms with Crippen LogP contribution in [0.25, 0.3) is 0 Å². The van der Waals surface area contributed by atoms with Crippen LogP contribution in [0.15, 0.2) is 41.6 Å². The van der Waals surface area contributed by atoms with Gasteiger partial charge >= 0.3 is 12.3 Å². The standard InChI is InChI=1S/C21H25F3N4O5S/c1-14-12-27(20(29)33-15(2)21(22,23)24)8-9-28(14)19-25-10-17(11-26-19)32-13-16-4-6-18(7-5-16)34(3,30)31/h4-7,10-11,14-15H,8-9,12-13H2,1-3H3/t14-,15?/m1/s1. The van der Waals surface area contributed by atoms with Crippen molar-refractivity contribution in [3.8, 4) is 5.75 Å². The Morgan fingerprint density at radius 3 is 2.32 bits per heavy atom. The molecule has 186 valence electrons. The minimum Gasteiger partial charge on any atom is -0.486 e. The van der Waals surface area contributed by atoms with Crippen molar-refractivity contribution >= 4 is 21.9 Å². The van der Waals surface area contributed by atoms with Crippen LogP contribution < -0.4 is 9.64 Å². The van der Waals surface area contributed by atoms with Crippen LogP contribution in [0.5, 0.6) is 5.75 Å². The van der Waals surface area contributed by atoms with Gasteiger partial charge < -0.3 is 19.3 Å². The van der Waals surface area contributed by atoms with Crippen molar-refractivity contribution in [2.75, 3.05) is 30.8 Å². The van der Waals surface area contributed by atoms with E-state index in [2.05, 4.69) is 14.7 Å². The summed E-state index contributed by atoms with van der Waals surface area (Å²) < 4.78 is 71.1. The number of benzene rings is 1. The second-order valence-corrected chi connectivity index (χ2v) is 10.00. The third-order valence-corrected chi connectivity index (χ3v) is 6.38. The Bertz CT molecular complexity index is 1090. The minimum absolute atomic E-state index is 0.161. The van der Waals surface area contributed by atoms with Gasteiger partial charge in [0.1, 0.15) is 6.61 Å². The Kier molecular flexibility index (Phi) is 7.54. The molecule has 2 aromatic rings. The number of amides is 1. The average molecular weight is 503 g/mol. The summed E-state index contributed by atoms with van der Waals surface area (Å²) in [5.74, 6) is 0.806. The molecule has 1 unspecified atom stereocenters. The van der Waals surface area contributed by atoms with E-state index in [-0.39, 0.29) is 30.6 Å². The highest BCUT2D eigenvalue weighted by Crippen LogP contribution is 2.24. The molecule has 1 saturated heterocycles. The number of nitrogens with zero attached hydrogens (tertiary/aromatic N) is 4. The molecule has 13 heteroatoms. The normalized spacial score (nSPS) is 17.9. The molecule has 2 heterocycles. The highest BCUT2D eigenvalue weighted by atomic mass is 32.2. The van der Waals surface area contributed by atoms with E-state index in [0.717, 1.165) is 18.7 Å². The Labute approximate surface area is 195 Å². The molecule has 1 aliphatic heterocycles. The van der Waals surface area contributed by atoms with Gasteiger partial charge in [0, 0.05) is 31.9 Å². The van der Waals surface area contributed by atoms with Gasteiger partial charge in [0.15, 0.2) is 21.7 Å². The fourth-order valence-corrected chi connectivity index (χ4v) is 3.88. The number of carbonyl (C=O) groups excluding carboxylic acids is 1. The van der Waals surface area contributed by atoms with Crippen LogP contribution in [0.2, 0.25) is 0 Å². The van der Waals surface area contributed by atoms with Crippen LogP contribution in [-0.2, 0) is 21.2 Å². The molecule has 0 bridgehead atoms. The van der Waals surface area contributed by atoms with E-state index in [0.29, 0.717) is 18.2 Å². The molecule has 0 aliphatic carbocycles. The monoisotopic (exact) mass is 502 g/mol. The lowest BCUT2D eigenvalue weighted by Crippen LogP contribution is -2.55. The number of aromatic nitrogens is 2. The van der Waals surface area contributed by atoms with Crippen molar-refractivity contribution in [3.63, 3.8) is 0 Å². The first-order chi connectivity index (χ1) is 15.8. The van der Waals surface area contributed by atoms with Crippen molar-refractivity contribution in [1.82, 2.24) is 14.9 Å². The molecule has 1 fully saturated rings. The Balaban J connectivity index is 1.53. The summed E-state index contributed by atoms with van der Waals surface area (Å²) in [6.07, 6.45) is -3.68. The van der Waals surface area contributed by atoms with Crippen LogP contribution in [0.4, 0.5) is 23.9 Å². The molecule has 2 atom stereocenters. The second-order valence-electron chi connectivity index (χ2n) is 7.98. The van der Waals surface area contributed by atoms with Gasteiger partial charge in [-0.1, -0.05) is 12.1 Å². The maximum atomic E-state index is 12.6. The van der Waals surface area contributed by atoms with Crippen molar-refractivity contribution in [2.24, 2.45) is 0 Å². The molecule has 1 amide bonds. The number of ether oxygens (including phenoxy) is 2. The van der Waals surface area contributed by atoms with E-state index >= 15 is 0 Å². The van der Waals surface area contributed by atoms with Gasteiger partial charge in [-0.2, -0.15) is 13.2 Å². The van der Waals surface area contributed by atoms with Gasteiger partial charge in [-0.3, -0.25) is 0 Å².